The summed E-state index contributed by atoms with van der Waals surface area (Å²) in [5.41, 5.74) is 5.89. The lowest BCUT2D eigenvalue weighted by Crippen LogP contribution is -2.57. The van der Waals surface area contributed by atoms with Crippen molar-refractivity contribution in [2.45, 2.75) is 30.0 Å². The molecule has 0 saturated carbocycles. The lowest BCUT2D eigenvalue weighted by atomic mass is 9.54. The third-order valence-electron chi connectivity index (χ3n) is 9.09. The van der Waals surface area contributed by atoms with Crippen LogP contribution in [0.25, 0.3) is 0 Å². The van der Waals surface area contributed by atoms with Crippen LogP contribution in [-0.4, -0.2) is 29.2 Å². The zero-order valence-electron chi connectivity index (χ0n) is 23.6. The topological polar surface area (TPSA) is 75.7 Å². The van der Waals surface area contributed by atoms with Crippen LogP contribution >= 0.6 is 23.2 Å². The number of hydrogen-bond donors (Lipinski definition) is 1. The maximum absolute atomic E-state index is 13.9. The molecule has 8 rings (SSSR count). The van der Waals surface area contributed by atoms with Gasteiger partial charge in [-0.3, -0.25) is 19.3 Å². The molecule has 4 aromatic rings. The van der Waals surface area contributed by atoms with Gasteiger partial charge in [-0.15, -0.1) is 23.2 Å². The van der Waals surface area contributed by atoms with Gasteiger partial charge >= 0.3 is 0 Å². The lowest BCUT2D eigenvalue weighted by Gasteiger charge is -2.54. The van der Waals surface area contributed by atoms with E-state index in [1.165, 1.54) is 10.5 Å². The molecule has 4 aliphatic rings. The number of halogens is 2. The number of anilines is 1. The Morgan fingerprint density at radius 1 is 0.744 bits per heavy atom. The summed E-state index contributed by atoms with van der Waals surface area (Å²) in [6.07, 6.45) is -0.0672. The minimum Gasteiger partial charge on any atom is -0.457 e. The second kappa shape index (κ2) is 9.97. The average molecular weight is 612 g/mol. The van der Waals surface area contributed by atoms with Gasteiger partial charge in [0.15, 0.2) is 0 Å². The summed E-state index contributed by atoms with van der Waals surface area (Å²) < 4.78 is 5.93. The predicted octanol–water partition coefficient (Wildman–Crippen LogP) is 7.02. The van der Waals surface area contributed by atoms with E-state index < -0.39 is 33.4 Å². The summed E-state index contributed by atoms with van der Waals surface area (Å²) in [6.45, 7) is 4.00. The van der Waals surface area contributed by atoms with Crippen LogP contribution in [0.3, 0.4) is 0 Å². The molecule has 0 unspecified atom stereocenters. The molecule has 3 aliphatic carbocycles. The van der Waals surface area contributed by atoms with Gasteiger partial charge in [-0.05, 0) is 83.6 Å². The highest BCUT2D eigenvalue weighted by Crippen LogP contribution is 2.69. The number of aryl methyl sites for hydroxylation is 2. The zero-order valence-corrected chi connectivity index (χ0v) is 25.1. The number of nitrogens with zero attached hydrogens (tertiary/aromatic N) is 1. The fourth-order valence-electron chi connectivity index (χ4n) is 6.90. The quantitative estimate of drug-likeness (QED) is 0.188. The Labute approximate surface area is 259 Å². The van der Waals surface area contributed by atoms with Crippen molar-refractivity contribution < 1.29 is 19.1 Å². The zero-order chi connectivity index (χ0) is 30.1. The van der Waals surface area contributed by atoms with Crippen LogP contribution in [0.1, 0.15) is 39.8 Å². The summed E-state index contributed by atoms with van der Waals surface area (Å²) in [5.74, 6) is -1.52. The molecule has 1 saturated heterocycles. The maximum atomic E-state index is 13.9. The largest absolute Gasteiger partial charge is 0.457 e. The average Bonchev–Trinajstić information content (AvgIpc) is 3.27. The first-order chi connectivity index (χ1) is 20.6. The molecule has 1 N–H and O–H groups in total. The highest BCUT2D eigenvalue weighted by molar-refractivity contribution is 6.36. The Hall–Kier alpha value is -4.13. The number of carbonyl (C=O) groups is 3. The van der Waals surface area contributed by atoms with Gasteiger partial charge in [-0.25, -0.2) is 0 Å². The summed E-state index contributed by atoms with van der Waals surface area (Å²) >= 11 is 14.9. The summed E-state index contributed by atoms with van der Waals surface area (Å²) in [5, 5.41) is 2.84. The molecule has 1 aliphatic heterocycles. The van der Waals surface area contributed by atoms with Gasteiger partial charge < -0.3 is 10.1 Å². The number of benzene rings is 4. The van der Waals surface area contributed by atoms with Crippen molar-refractivity contribution in [1.29, 1.82) is 0 Å². The summed E-state index contributed by atoms with van der Waals surface area (Å²) in [4.78, 5) is 39.5. The number of hydrogen-bond acceptors (Lipinski definition) is 4. The normalized spacial score (nSPS) is 24.8. The van der Waals surface area contributed by atoms with Crippen LogP contribution in [0.2, 0.25) is 0 Å². The van der Waals surface area contributed by atoms with Crippen molar-refractivity contribution in [1.82, 2.24) is 4.90 Å². The van der Waals surface area contributed by atoms with Gasteiger partial charge in [0.05, 0.1) is 11.8 Å². The molecular formula is C35H28Cl2N2O4. The van der Waals surface area contributed by atoms with E-state index in [0.29, 0.717) is 11.4 Å². The first kappa shape index (κ1) is 27.7. The molecule has 2 atom stereocenters. The predicted molar refractivity (Wildman–Crippen MR) is 166 cm³/mol. The molecule has 216 valence electrons. The fraction of sp³-hybridized carbons (Fsp3) is 0.229. The van der Waals surface area contributed by atoms with E-state index in [4.69, 9.17) is 27.9 Å². The smallest absolute Gasteiger partial charge is 0.235 e. The SMILES string of the molecule is Cc1ccc(Oc2ccc(NC(=O)CCN3C(=O)[C@H]4[C@H](C3=O)C3(Cl)c5ccccc5C4(Cl)c4ccccc43)cc2)cc1C. The molecule has 2 bridgehead atoms. The van der Waals surface area contributed by atoms with Crippen LogP contribution in [0.5, 0.6) is 11.5 Å². The number of imide groups is 1. The first-order valence-corrected chi connectivity index (χ1v) is 15.0. The van der Waals surface area contributed by atoms with Gasteiger partial charge in [0.25, 0.3) is 0 Å². The van der Waals surface area contributed by atoms with Gasteiger partial charge in [0, 0.05) is 18.7 Å². The molecule has 1 fully saturated rings. The Morgan fingerprint density at radius 3 is 1.72 bits per heavy atom. The Kier molecular flexibility index (Phi) is 6.42. The van der Waals surface area contributed by atoms with Crippen LogP contribution in [0.4, 0.5) is 5.69 Å². The number of rotatable bonds is 6. The van der Waals surface area contributed by atoms with Crippen molar-refractivity contribution in [3.05, 3.63) is 124 Å². The monoisotopic (exact) mass is 610 g/mol. The van der Waals surface area contributed by atoms with Crippen molar-refractivity contribution >= 4 is 46.6 Å². The minimum absolute atomic E-state index is 0.0672. The Balaban J connectivity index is 1.07. The number of alkyl halides is 2. The molecule has 0 radical (unpaired) electrons. The van der Waals surface area contributed by atoms with E-state index in [9.17, 15) is 14.4 Å². The van der Waals surface area contributed by atoms with Crippen LogP contribution < -0.4 is 10.1 Å². The molecule has 1 heterocycles. The van der Waals surface area contributed by atoms with E-state index in [2.05, 4.69) is 5.32 Å². The Morgan fingerprint density at radius 2 is 1.23 bits per heavy atom. The van der Waals surface area contributed by atoms with Gasteiger partial charge in [0.1, 0.15) is 21.2 Å². The van der Waals surface area contributed by atoms with Gasteiger partial charge in [-0.2, -0.15) is 0 Å². The van der Waals surface area contributed by atoms with E-state index in [1.54, 1.807) is 24.3 Å². The van der Waals surface area contributed by atoms with Gasteiger partial charge in [-0.1, -0.05) is 54.6 Å². The van der Waals surface area contributed by atoms with Crippen LogP contribution in [0, 0.1) is 25.7 Å². The van der Waals surface area contributed by atoms with Crippen LogP contribution in [0.15, 0.2) is 91.0 Å². The van der Waals surface area contributed by atoms with E-state index in [1.807, 2.05) is 80.6 Å². The fourth-order valence-corrected chi connectivity index (χ4v) is 8.00. The Bertz CT molecular complexity index is 1700. The van der Waals surface area contributed by atoms with Crippen molar-refractivity contribution in [2.24, 2.45) is 11.8 Å². The van der Waals surface area contributed by atoms with E-state index in [-0.39, 0.29) is 18.9 Å². The molecular weight excluding hydrogens is 583 g/mol. The molecule has 3 amide bonds. The number of carbonyl (C=O) groups excluding carboxylic acids is 3. The van der Waals surface area contributed by atoms with Crippen molar-refractivity contribution in [3.8, 4) is 11.5 Å². The van der Waals surface area contributed by atoms with Gasteiger partial charge in [0.2, 0.25) is 17.7 Å². The van der Waals surface area contributed by atoms with Crippen molar-refractivity contribution in [2.75, 3.05) is 11.9 Å². The molecule has 43 heavy (non-hydrogen) atoms. The number of nitrogens with one attached hydrogen (secondary N) is 1. The standard InChI is InChI=1S/C35H28Cl2N2O4/c1-20-11-14-24(19-21(20)2)43-23-15-12-22(13-16-23)38-29(40)17-18-39-32(41)30-31(33(39)42)35(37)26-8-4-3-7-25(26)34(30,36)27-9-5-6-10-28(27)35/h3-16,19,30-31H,17-18H2,1-2H3,(H,38,40)/t30-,31-,34?,35?/m1/s1. The number of ether oxygens (including phenoxy) is 1. The molecule has 4 aromatic carbocycles. The third kappa shape index (κ3) is 4.04. The second-order valence-electron chi connectivity index (χ2n) is 11.5. The minimum atomic E-state index is -1.24. The highest BCUT2D eigenvalue weighted by Gasteiger charge is 2.72. The number of amides is 3. The molecule has 6 nitrogen and oxygen atoms in total. The van der Waals surface area contributed by atoms with Crippen molar-refractivity contribution in [3.63, 3.8) is 0 Å². The second-order valence-corrected chi connectivity index (χ2v) is 12.7. The molecule has 0 aromatic heterocycles. The highest BCUT2D eigenvalue weighted by atomic mass is 35.5. The third-order valence-corrected chi connectivity index (χ3v) is 10.4. The molecule has 8 heteroatoms. The molecule has 0 spiro atoms. The van der Waals surface area contributed by atoms with E-state index >= 15 is 0 Å². The first-order valence-electron chi connectivity index (χ1n) is 14.2. The van der Waals surface area contributed by atoms with E-state index in [0.717, 1.165) is 33.6 Å². The maximum Gasteiger partial charge on any atom is 0.235 e. The summed E-state index contributed by atoms with van der Waals surface area (Å²) in [6, 6.07) is 27.9. The van der Waals surface area contributed by atoms with Crippen LogP contribution in [-0.2, 0) is 24.1 Å². The number of likely N-dealkylation sites (tertiary alicyclic amines) is 1. The lowest BCUT2D eigenvalue weighted by molar-refractivity contribution is -0.140. The summed E-state index contributed by atoms with van der Waals surface area (Å²) in [7, 11) is 0.